The Morgan fingerprint density at radius 1 is 0.963 bits per heavy atom. The van der Waals surface area contributed by atoms with E-state index < -0.39 is 30.1 Å². The van der Waals surface area contributed by atoms with Gasteiger partial charge in [-0.25, -0.2) is 8.78 Å². The Morgan fingerprint density at radius 3 is 2.30 bits per heavy atom. The van der Waals surface area contributed by atoms with Crippen LogP contribution in [0, 0.1) is 11.6 Å². The van der Waals surface area contributed by atoms with E-state index in [9.17, 15) is 18.4 Å². The van der Waals surface area contributed by atoms with Gasteiger partial charge in [0.25, 0.3) is 11.8 Å². The summed E-state index contributed by atoms with van der Waals surface area (Å²) >= 11 is 0. The van der Waals surface area contributed by atoms with Crippen molar-refractivity contribution in [1.82, 2.24) is 0 Å². The number of rotatable bonds is 6. The minimum absolute atomic E-state index is 0.178. The van der Waals surface area contributed by atoms with Crippen LogP contribution in [0.25, 0.3) is 0 Å². The van der Waals surface area contributed by atoms with Crippen LogP contribution in [0.1, 0.15) is 10.6 Å². The molecule has 2 amide bonds. The predicted octanol–water partition coefficient (Wildman–Crippen LogP) is 3.83. The van der Waals surface area contributed by atoms with Gasteiger partial charge in [-0.2, -0.15) is 0 Å². The van der Waals surface area contributed by atoms with Crippen LogP contribution in [-0.2, 0) is 4.79 Å². The number of nitrogens with one attached hydrogen (secondary N) is 2. The van der Waals surface area contributed by atoms with Crippen LogP contribution in [0.4, 0.5) is 20.2 Å². The lowest BCUT2D eigenvalue weighted by Crippen LogP contribution is -2.20. The van der Waals surface area contributed by atoms with Gasteiger partial charge in [-0.1, -0.05) is 0 Å². The molecule has 0 radical (unpaired) electrons. The summed E-state index contributed by atoms with van der Waals surface area (Å²) in [6.45, 7) is -0.445. The van der Waals surface area contributed by atoms with Crippen molar-refractivity contribution in [3.05, 3.63) is 78.3 Å². The number of hydrogen-bond donors (Lipinski definition) is 2. The Hall–Kier alpha value is -3.68. The normalized spacial score (nSPS) is 10.3. The fraction of sp³-hybridized carbons (Fsp3) is 0.0526. The number of carbonyl (C=O) groups excluding carboxylic acids is 2. The van der Waals surface area contributed by atoms with E-state index in [1.165, 1.54) is 12.3 Å². The van der Waals surface area contributed by atoms with Gasteiger partial charge in [0, 0.05) is 17.4 Å². The number of furan rings is 1. The van der Waals surface area contributed by atoms with Gasteiger partial charge in [-0.3, -0.25) is 9.59 Å². The van der Waals surface area contributed by atoms with E-state index in [1.807, 2.05) is 0 Å². The van der Waals surface area contributed by atoms with Gasteiger partial charge >= 0.3 is 0 Å². The fourth-order valence-corrected chi connectivity index (χ4v) is 2.17. The number of halogens is 2. The SMILES string of the molecule is O=C(COc1ccc(F)cc1F)Nc1ccc(NC(=O)c2ccco2)cc1. The van der Waals surface area contributed by atoms with E-state index in [2.05, 4.69) is 10.6 Å². The van der Waals surface area contributed by atoms with Gasteiger partial charge in [-0.05, 0) is 48.5 Å². The molecule has 2 N–H and O–H groups in total. The third-order valence-corrected chi connectivity index (χ3v) is 3.42. The molecule has 138 valence electrons. The number of benzene rings is 2. The van der Waals surface area contributed by atoms with Gasteiger partial charge in [0.05, 0.1) is 6.26 Å². The second kappa shape index (κ2) is 8.13. The molecule has 1 heterocycles. The molecular weight excluding hydrogens is 358 g/mol. The highest BCUT2D eigenvalue weighted by molar-refractivity contribution is 6.02. The first-order valence-corrected chi connectivity index (χ1v) is 7.84. The number of carbonyl (C=O) groups is 2. The van der Waals surface area contributed by atoms with E-state index in [1.54, 1.807) is 30.3 Å². The van der Waals surface area contributed by atoms with E-state index >= 15 is 0 Å². The van der Waals surface area contributed by atoms with Crippen molar-refractivity contribution in [3.63, 3.8) is 0 Å². The molecule has 0 bridgehead atoms. The smallest absolute Gasteiger partial charge is 0.291 e. The van der Waals surface area contributed by atoms with Crippen LogP contribution in [0.3, 0.4) is 0 Å². The minimum atomic E-state index is -0.889. The molecule has 3 aromatic rings. The van der Waals surface area contributed by atoms with Gasteiger partial charge < -0.3 is 19.8 Å². The molecule has 0 atom stereocenters. The summed E-state index contributed by atoms with van der Waals surface area (Å²) in [5.74, 6) is -2.58. The van der Waals surface area contributed by atoms with Gasteiger partial charge in [0.15, 0.2) is 23.9 Å². The van der Waals surface area contributed by atoms with E-state index in [0.717, 1.165) is 12.1 Å². The number of ether oxygens (including phenoxy) is 1. The molecule has 0 saturated heterocycles. The van der Waals surface area contributed by atoms with Crippen molar-refractivity contribution in [3.8, 4) is 5.75 Å². The van der Waals surface area contributed by atoms with Gasteiger partial charge in [-0.15, -0.1) is 0 Å². The number of anilines is 2. The van der Waals surface area contributed by atoms with E-state index in [-0.39, 0.29) is 11.5 Å². The summed E-state index contributed by atoms with van der Waals surface area (Å²) in [6.07, 6.45) is 1.40. The third-order valence-electron chi connectivity index (χ3n) is 3.42. The van der Waals surface area contributed by atoms with Crippen LogP contribution in [0.2, 0.25) is 0 Å². The van der Waals surface area contributed by atoms with Gasteiger partial charge in [0.2, 0.25) is 0 Å². The summed E-state index contributed by atoms with van der Waals surface area (Å²) < 4.78 is 36.3. The summed E-state index contributed by atoms with van der Waals surface area (Å²) in [6, 6.07) is 12.3. The zero-order valence-electron chi connectivity index (χ0n) is 13.9. The highest BCUT2D eigenvalue weighted by Crippen LogP contribution is 2.18. The first-order chi connectivity index (χ1) is 13.0. The monoisotopic (exact) mass is 372 g/mol. The molecule has 1 aromatic heterocycles. The molecule has 2 aromatic carbocycles. The van der Waals surface area contributed by atoms with Crippen LogP contribution < -0.4 is 15.4 Å². The van der Waals surface area contributed by atoms with Crippen molar-refractivity contribution in [2.75, 3.05) is 17.2 Å². The Labute approximate surface area is 152 Å². The Morgan fingerprint density at radius 2 is 1.67 bits per heavy atom. The summed E-state index contributed by atoms with van der Waals surface area (Å²) in [4.78, 5) is 23.7. The Balaban J connectivity index is 1.51. The van der Waals surface area contributed by atoms with E-state index in [4.69, 9.17) is 9.15 Å². The van der Waals surface area contributed by atoms with E-state index in [0.29, 0.717) is 17.4 Å². The zero-order chi connectivity index (χ0) is 19.2. The maximum Gasteiger partial charge on any atom is 0.291 e. The van der Waals surface area contributed by atoms with Crippen LogP contribution >= 0.6 is 0 Å². The number of hydrogen-bond acceptors (Lipinski definition) is 4. The molecule has 0 aliphatic heterocycles. The van der Waals surface area contributed by atoms with Crippen LogP contribution in [0.5, 0.6) is 5.75 Å². The standard InChI is InChI=1S/C19H14F2N2O4/c20-12-3-8-16(15(21)10-12)27-11-18(24)22-13-4-6-14(7-5-13)23-19(25)17-2-1-9-26-17/h1-10H,11H2,(H,22,24)(H,23,25). The van der Waals surface area contributed by atoms with Crippen LogP contribution in [-0.4, -0.2) is 18.4 Å². The molecule has 6 nitrogen and oxygen atoms in total. The molecular formula is C19H14F2N2O4. The van der Waals surface area contributed by atoms with Crippen molar-refractivity contribution in [2.24, 2.45) is 0 Å². The lowest BCUT2D eigenvalue weighted by molar-refractivity contribution is -0.118. The van der Waals surface area contributed by atoms with Crippen molar-refractivity contribution >= 4 is 23.2 Å². The second-order valence-electron chi connectivity index (χ2n) is 5.42. The average Bonchev–Trinajstić information content (AvgIpc) is 3.17. The number of amides is 2. The molecule has 0 spiro atoms. The maximum atomic E-state index is 13.4. The molecule has 8 heteroatoms. The summed E-state index contributed by atoms with van der Waals surface area (Å²) in [7, 11) is 0. The summed E-state index contributed by atoms with van der Waals surface area (Å²) in [5, 5.41) is 5.20. The molecule has 0 saturated carbocycles. The predicted molar refractivity (Wildman–Crippen MR) is 93.6 cm³/mol. The highest BCUT2D eigenvalue weighted by atomic mass is 19.1. The quantitative estimate of drug-likeness (QED) is 0.689. The second-order valence-corrected chi connectivity index (χ2v) is 5.42. The fourth-order valence-electron chi connectivity index (χ4n) is 2.17. The molecule has 0 unspecified atom stereocenters. The Kier molecular flexibility index (Phi) is 5.46. The van der Waals surface area contributed by atoms with Crippen molar-refractivity contribution in [2.45, 2.75) is 0 Å². The lowest BCUT2D eigenvalue weighted by atomic mass is 10.2. The highest BCUT2D eigenvalue weighted by Gasteiger charge is 2.10. The maximum absolute atomic E-state index is 13.4. The van der Waals surface area contributed by atoms with Crippen molar-refractivity contribution in [1.29, 1.82) is 0 Å². The average molecular weight is 372 g/mol. The third kappa shape index (κ3) is 4.91. The molecule has 0 aliphatic carbocycles. The molecule has 27 heavy (non-hydrogen) atoms. The Bertz CT molecular complexity index is 941. The van der Waals surface area contributed by atoms with Gasteiger partial charge in [0.1, 0.15) is 5.82 Å². The van der Waals surface area contributed by atoms with Crippen molar-refractivity contribution < 1.29 is 27.5 Å². The molecule has 0 aliphatic rings. The lowest BCUT2D eigenvalue weighted by Gasteiger charge is -2.09. The van der Waals surface area contributed by atoms with Crippen LogP contribution in [0.15, 0.2) is 65.3 Å². The largest absolute Gasteiger partial charge is 0.481 e. The first-order valence-electron chi connectivity index (χ1n) is 7.84. The molecule has 3 rings (SSSR count). The molecule has 0 fully saturated rings. The minimum Gasteiger partial charge on any atom is -0.481 e. The zero-order valence-corrected chi connectivity index (χ0v) is 13.9. The first kappa shape index (κ1) is 18.1. The summed E-state index contributed by atoms with van der Waals surface area (Å²) in [5.41, 5.74) is 0.971. The topological polar surface area (TPSA) is 80.6 Å².